The molecule has 0 aromatic rings. The van der Waals surface area contributed by atoms with Crippen molar-refractivity contribution in [1.82, 2.24) is 0 Å². The Bertz CT molecular complexity index is 368. The standard InChI is InChI=1S/C16H31O6P/c1-19-23(2,18)22-14-15(17)10-6-4-3-5-8-12-20-16-11-7-9-13-21-16/h16H,3-14H2,1-2H3. The molecule has 0 bridgehead atoms. The molecular weight excluding hydrogens is 319 g/mol. The average Bonchev–Trinajstić information content (AvgIpc) is 2.56. The van der Waals surface area contributed by atoms with Crippen molar-refractivity contribution in [2.24, 2.45) is 0 Å². The van der Waals surface area contributed by atoms with Crippen LogP contribution in [-0.4, -0.2) is 45.7 Å². The van der Waals surface area contributed by atoms with Crippen LogP contribution in [0.3, 0.4) is 0 Å². The summed E-state index contributed by atoms with van der Waals surface area (Å²) >= 11 is 0. The first-order chi connectivity index (χ1) is 11.0. The van der Waals surface area contributed by atoms with Crippen LogP contribution in [0.1, 0.15) is 57.8 Å². The zero-order valence-corrected chi connectivity index (χ0v) is 15.4. The maximum atomic E-state index is 11.6. The second-order valence-electron chi connectivity index (χ2n) is 5.95. The molecule has 2 atom stereocenters. The van der Waals surface area contributed by atoms with Crippen molar-refractivity contribution in [3.63, 3.8) is 0 Å². The molecule has 1 rings (SSSR count). The molecule has 1 aliphatic heterocycles. The van der Waals surface area contributed by atoms with Crippen LogP contribution in [0.15, 0.2) is 0 Å². The molecule has 1 heterocycles. The first-order valence-electron chi connectivity index (χ1n) is 8.56. The summed E-state index contributed by atoms with van der Waals surface area (Å²) in [6.07, 6.45) is 8.90. The highest BCUT2D eigenvalue weighted by Gasteiger charge is 2.16. The van der Waals surface area contributed by atoms with Gasteiger partial charge in [-0.05, 0) is 32.1 Å². The number of hydrogen-bond acceptors (Lipinski definition) is 6. The van der Waals surface area contributed by atoms with Gasteiger partial charge in [0, 0.05) is 33.4 Å². The third-order valence-electron chi connectivity index (χ3n) is 3.83. The summed E-state index contributed by atoms with van der Waals surface area (Å²) in [6, 6.07) is 0. The van der Waals surface area contributed by atoms with Gasteiger partial charge in [0.2, 0.25) is 0 Å². The Morgan fingerprint density at radius 2 is 1.91 bits per heavy atom. The van der Waals surface area contributed by atoms with E-state index in [1.807, 2.05) is 0 Å². The fraction of sp³-hybridized carbons (Fsp3) is 0.938. The van der Waals surface area contributed by atoms with Gasteiger partial charge in [-0.2, -0.15) is 0 Å². The normalized spacial score (nSPS) is 21.0. The van der Waals surface area contributed by atoms with Crippen molar-refractivity contribution in [3.8, 4) is 0 Å². The van der Waals surface area contributed by atoms with Gasteiger partial charge < -0.3 is 18.5 Å². The first-order valence-corrected chi connectivity index (χ1v) is 10.5. The summed E-state index contributed by atoms with van der Waals surface area (Å²) in [7, 11) is -1.73. The maximum absolute atomic E-state index is 11.6. The van der Waals surface area contributed by atoms with Gasteiger partial charge in [0.05, 0.1) is 0 Å². The third-order valence-corrected chi connectivity index (χ3v) is 5.09. The van der Waals surface area contributed by atoms with Crippen LogP contribution in [-0.2, 0) is 27.9 Å². The Morgan fingerprint density at radius 3 is 2.61 bits per heavy atom. The van der Waals surface area contributed by atoms with Crippen molar-refractivity contribution in [2.75, 3.05) is 33.6 Å². The largest absolute Gasteiger partial charge is 0.353 e. The molecule has 136 valence electrons. The van der Waals surface area contributed by atoms with Crippen molar-refractivity contribution in [2.45, 2.75) is 64.1 Å². The molecule has 2 unspecified atom stereocenters. The highest BCUT2D eigenvalue weighted by molar-refractivity contribution is 7.52. The van der Waals surface area contributed by atoms with Gasteiger partial charge in [-0.3, -0.25) is 9.36 Å². The molecule has 0 radical (unpaired) electrons. The van der Waals surface area contributed by atoms with Crippen molar-refractivity contribution in [3.05, 3.63) is 0 Å². The van der Waals surface area contributed by atoms with E-state index in [2.05, 4.69) is 4.52 Å². The van der Waals surface area contributed by atoms with Crippen molar-refractivity contribution < 1.29 is 27.9 Å². The second kappa shape index (κ2) is 12.2. The summed E-state index contributed by atoms with van der Waals surface area (Å²) in [5.74, 6) is -0.0260. The van der Waals surface area contributed by atoms with Gasteiger partial charge in [0.25, 0.3) is 0 Å². The lowest BCUT2D eigenvalue weighted by Crippen LogP contribution is -2.22. The number of unbranched alkanes of at least 4 members (excludes halogenated alkanes) is 4. The number of hydrogen-bond donors (Lipinski definition) is 0. The van der Waals surface area contributed by atoms with Gasteiger partial charge in [-0.1, -0.05) is 19.3 Å². The van der Waals surface area contributed by atoms with E-state index >= 15 is 0 Å². The molecular formula is C16H31O6P. The highest BCUT2D eigenvalue weighted by atomic mass is 31.2. The quantitative estimate of drug-likeness (QED) is 0.370. The number of ether oxygens (including phenoxy) is 2. The predicted molar refractivity (Wildman–Crippen MR) is 88.7 cm³/mol. The van der Waals surface area contributed by atoms with E-state index in [0.717, 1.165) is 58.2 Å². The minimum absolute atomic E-state index is 0.00279. The minimum Gasteiger partial charge on any atom is -0.353 e. The molecule has 23 heavy (non-hydrogen) atoms. The Labute approximate surface area is 139 Å². The summed E-state index contributed by atoms with van der Waals surface area (Å²) in [4.78, 5) is 11.6. The topological polar surface area (TPSA) is 71.1 Å². The summed E-state index contributed by atoms with van der Waals surface area (Å²) in [5.41, 5.74) is 0. The second-order valence-corrected chi connectivity index (χ2v) is 8.12. The van der Waals surface area contributed by atoms with E-state index in [4.69, 9.17) is 14.0 Å². The van der Waals surface area contributed by atoms with E-state index in [-0.39, 0.29) is 18.7 Å². The smallest absolute Gasteiger partial charge is 0.327 e. The third kappa shape index (κ3) is 11.0. The minimum atomic E-state index is -3.04. The van der Waals surface area contributed by atoms with E-state index in [9.17, 15) is 9.36 Å². The number of carbonyl (C=O) groups excluding carboxylic acids is 1. The molecule has 0 amide bonds. The van der Waals surface area contributed by atoms with Crippen LogP contribution in [0.4, 0.5) is 0 Å². The Balaban J connectivity index is 1.87. The molecule has 1 saturated heterocycles. The van der Waals surface area contributed by atoms with Crippen molar-refractivity contribution in [1.29, 1.82) is 0 Å². The summed E-state index contributed by atoms with van der Waals surface area (Å²) < 4.78 is 32.3. The molecule has 0 aromatic carbocycles. The molecule has 0 aromatic heterocycles. The highest BCUT2D eigenvalue weighted by Crippen LogP contribution is 2.42. The first kappa shape index (κ1) is 20.8. The predicted octanol–water partition coefficient (Wildman–Crippen LogP) is 3.93. The van der Waals surface area contributed by atoms with E-state index in [0.29, 0.717) is 6.42 Å². The van der Waals surface area contributed by atoms with Crippen LogP contribution >= 0.6 is 7.60 Å². The van der Waals surface area contributed by atoms with E-state index < -0.39 is 7.60 Å². The zero-order valence-electron chi connectivity index (χ0n) is 14.5. The zero-order chi connectivity index (χ0) is 17.0. The molecule has 6 nitrogen and oxygen atoms in total. The lowest BCUT2D eigenvalue weighted by molar-refractivity contribution is -0.162. The van der Waals surface area contributed by atoms with E-state index in [1.54, 1.807) is 0 Å². The van der Waals surface area contributed by atoms with Crippen LogP contribution in [0.25, 0.3) is 0 Å². The van der Waals surface area contributed by atoms with Gasteiger partial charge in [-0.15, -0.1) is 0 Å². The number of Topliss-reactive ketones (excluding diaryl/α,β-unsaturated/α-hetero) is 1. The lowest BCUT2D eigenvalue weighted by atomic mass is 10.1. The molecule has 0 N–H and O–H groups in total. The SMILES string of the molecule is COP(C)(=O)OCC(=O)CCCCCCCOC1CCCCO1. The molecule has 0 aliphatic carbocycles. The molecule has 1 fully saturated rings. The van der Waals surface area contributed by atoms with Gasteiger partial charge >= 0.3 is 7.60 Å². The number of ketones is 1. The van der Waals surface area contributed by atoms with Gasteiger partial charge in [0.15, 0.2) is 12.1 Å². The van der Waals surface area contributed by atoms with Crippen molar-refractivity contribution >= 4 is 13.4 Å². The average molecular weight is 350 g/mol. The fourth-order valence-corrected chi connectivity index (χ4v) is 2.81. The van der Waals surface area contributed by atoms with E-state index in [1.165, 1.54) is 20.2 Å². The van der Waals surface area contributed by atoms with Crippen LogP contribution in [0.5, 0.6) is 0 Å². The molecule has 0 spiro atoms. The van der Waals surface area contributed by atoms with Crippen LogP contribution < -0.4 is 0 Å². The Morgan fingerprint density at radius 1 is 1.17 bits per heavy atom. The molecule has 7 heteroatoms. The van der Waals surface area contributed by atoms with Gasteiger partial charge in [0.1, 0.15) is 6.61 Å². The van der Waals surface area contributed by atoms with Gasteiger partial charge in [-0.25, -0.2) is 0 Å². The lowest BCUT2D eigenvalue weighted by Gasteiger charge is -2.22. The number of rotatable bonds is 13. The summed E-state index contributed by atoms with van der Waals surface area (Å²) in [5, 5.41) is 0. The van der Waals surface area contributed by atoms with Crippen LogP contribution in [0, 0.1) is 0 Å². The summed E-state index contributed by atoms with van der Waals surface area (Å²) in [6.45, 7) is 2.80. The van der Waals surface area contributed by atoms with Crippen LogP contribution in [0.2, 0.25) is 0 Å². The Hall–Kier alpha value is -0.260. The monoisotopic (exact) mass is 350 g/mol. The maximum Gasteiger partial charge on any atom is 0.327 e. The fourth-order valence-electron chi connectivity index (χ4n) is 2.33. The molecule has 0 saturated carbocycles. The Kier molecular flexibility index (Phi) is 11.0. The molecule has 1 aliphatic rings. The number of carbonyl (C=O) groups is 1.